The summed E-state index contributed by atoms with van der Waals surface area (Å²) < 4.78 is 1.40. The lowest BCUT2D eigenvalue weighted by Gasteiger charge is -2.03. The normalized spacial score (nSPS) is 10.8. The second kappa shape index (κ2) is 7.64. The summed E-state index contributed by atoms with van der Waals surface area (Å²) in [7, 11) is 0. The molecule has 24 heavy (non-hydrogen) atoms. The minimum atomic E-state index is -0.0593. The van der Waals surface area contributed by atoms with E-state index in [0.29, 0.717) is 28.8 Å². The first kappa shape index (κ1) is 16.7. The molecule has 3 rings (SSSR count). The van der Waals surface area contributed by atoms with Crippen molar-refractivity contribution in [2.75, 3.05) is 6.26 Å². The predicted octanol–water partition coefficient (Wildman–Crippen LogP) is 4.59. The van der Waals surface area contributed by atoms with Crippen LogP contribution >= 0.6 is 23.4 Å². The molecule has 0 aliphatic rings. The summed E-state index contributed by atoms with van der Waals surface area (Å²) in [6, 6.07) is 17.2. The first-order valence-corrected chi connectivity index (χ1v) is 9.12. The van der Waals surface area contributed by atoms with Crippen LogP contribution in [0.25, 0.3) is 11.4 Å². The van der Waals surface area contributed by atoms with Crippen LogP contribution < -0.4 is 0 Å². The van der Waals surface area contributed by atoms with Gasteiger partial charge < -0.3 is 0 Å². The first-order valence-electron chi connectivity index (χ1n) is 7.51. The summed E-state index contributed by atoms with van der Waals surface area (Å²) in [5.74, 6) is 0.472. The summed E-state index contributed by atoms with van der Waals surface area (Å²) in [5.41, 5.74) is 1.97. The molecule has 0 saturated carbocycles. The minimum absolute atomic E-state index is 0.0593. The van der Waals surface area contributed by atoms with Gasteiger partial charge in [0.1, 0.15) is 0 Å². The molecule has 122 valence electrons. The van der Waals surface area contributed by atoms with Gasteiger partial charge in [0.15, 0.2) is 11.0 Å². The Bertz CT molecular complexity index is 831. The van der Waals surface area contributed by atoms with E-state index in [1.807, 2.05) is 48.7 Å². The number of carbonyl (C=O) groups is 1. The van der Waals surface area contributed by atoms with Crippen molar-refractivity contribution < 1.29 is 4.79 Å². The number of thioether (sulfide) groups is 1. The van der Waals surface area contributed by atoms with Gasteiger partial charge in [-0.15, -0.1) is 5.10 Å². The van der Waals surface area contributed by atoms with E-state index in [4.69, 9.17) is 11.6 Å². The van der Waals surface area contributed by atoms with Gasteiger partial charge in [0.2, 0.25) is 5.91 Å². The maximum Gasteiger partial charge on any atom is 0.249 e. The molecular formula is C18H16ClN3OS. The van der Waals surface area contributed by atoms with Crippen LogP contribution in [0.3, 0.4) is 0 Å². The molecule has 3 aromatic rings. The Morgan fingerprint density at radius 2 is 1.83 bits per heavy atom. The molecule has 1 aromatic heterocycles. The van der Waals surface area contributed by atoms with Crippen molar-refractivity contribution >= 4 is 29.3 Å². The summed E-state index contributed by atoms with van der Waals surface area (Å²) in [4.78, 5) is 17.0. The third kappa shape index (κ3) is 3.86. The van der Waals surface area contributed by atoms with E-state index >= 15 is 0 Å². The van der Waals surface area contributed by atoms with E-state index in [9.17, 15) is 4.79 Å². The highest BCUT2D eigenvalue weighted by molar-refractivity contribution is 7.98. The Morgan fingerprint density at radius 3 is 2.50 bits per heavy atom. The summed E-state index contributed by atoms with van der Waals surface area (Å²) in [5, 5.41) is 5.64. The van der Waals surface area contributed by atoms with Crippen LogP contribution in [-0.2, 0) is 6.42 Å². The molecule has 0 fully saturated rings. The fourth-order valence-electron chi connectivity index (χ4n) is 2.32. The average molecular weight is 358 g/mol. The second-order valence-electron chi connectivity index (χ2n) is 5.22. The number of hydrogen-bond donors (Lipinski definition) is 0. The predicted molar refractivity (Wildman–Crippen MR) is 97.6 cm³/mol. The van der Waals surface area contributed by atoms with Crippen molar-refractivity contribution in [3.63, 3.8) is 0 Å². The Kier molecular flexibility index (Phi) is 5.33. The lowest BCUT2D eigenvalue weighted by atomic mass is 10.1. The van der Waals surface area contributed by atoms with Crippen molar-refractivity contribution in [3.8, 4) is 11.4 Å². The molecule has 2 aromatic carbocycles. The highest BCUT2D eigenvalue weighted by Gasteiger charge is 2.16. The van der Waals surface area contributed by atoms with E-state index in [1.54, 1.807) is 12.1 Å². The molecule has 0 bridgehead atoms. The van der Waals surface area contributed by atoms with Crippen LogP contribution in [0.15, 0.2) is 59.8 Å². The molecule has 0 atom stereocenters. The van der Waals surface area contributed by atoms with Crippen molar-refractivity contribution in [2.24, 2.45) is 0 Å². The third-order valence-corrected chi connectivity index (χ3v) is 4.45. The standard InChI is InChI=1S/C18H16ClN3OS/c1-24-18-20-17(14-8-10-15(19)11-9-14)21-22(18)16(23)12-7-13-5-3-2-4-6-13/h2-6,8-11H,7,12H2,1H3. The molecule has 0 unspecified atom stereocenters. The molecule has 6 heteroatoms. The molecule has 0 aliphatic carbocycles. The van der Waals surface area contributed by atoms with Crippen LogP contribution in [0.2, 0.25) is 5.02 Å². The Balaban J connectivity index is 1.79. The maximum atomic E-state index is 12.5. The smallest absolute Gasteiger partial charge is 0.249 e. The topological polar surface area (TPSA) is 47.8 Å². The molecule has 0 spiro atoms. The summed E-state index contributed by atoms with van der Waals surface area (Å²) in [6.45, 7) is 0. The van der Waals surface area contributed by atoms with Gasteiger partial charge in [0.25, 0.3) is 0 Å². The minimum Gasteiger partial charge on any atom is -0.272 e. The number of nitrogens with zero attached hydrogens (tertiary/aromatic N) is 3. The number of carbonyl (C=O) groups excluding carboxylic acids is 1. The zero-order chi connectivity index (χ0) is 16.9. The highest BCUT2D eigenvalue weighted by Crippen LogP contribution is 2.22. The Hall–Kier alpha value is -2.11. The zero-order valence-electron chi connectivity index (χ0n) is 13.1. The van der Waals surface area contributed by atoms with E-state index in [0.717, 1.165) is 11.1 Å². The van der Waals surface area contributed by atoms with Crippen LogP contribution in [0.4, 0.5) is 0 Å². The number of halogens is 1. The Labute approximate surface area is 149 Å². The Morgan fingerprint density at radius 1 is 1.12 bits per heavy atom. The SMILES string of the molecule is CSc1nc(-c2ccc(Cl)cc2)nn1C(=O)CCc1ccccc1. The van der Waals surface area contributed by atoms with Gasteiger partial charge in [-0.25, -0.2) is 4.98 Å². The average Bonchev–Trinajstić information content (AvgIpc) is 3.05. The van der Waals surface area contributed by atoms with E-state index in [2.05, 4.69) is 10.1 Å². The van der Waals surface area contributed by atoms with E-state index in [1.165, 1.54) is 16.4 Å². The van der Waals surface area contributed by atoms with Gasteiger partial charge in [-0.3, -0.25) is 4.79 Å². The molecule has 1 heterocycles. The van der Waals surface area contributed by atoms with Gasteiger partial charge in [0.05, 0.1) is 0 Å². The lowest BCUT2D eigenvalue weighted by molar-refractivity contribution is 0.0875. The molecule has 0 amide bonds. The van der Waals surface area contributed by atoms with Crippen LogP contribution in [0.1, 0.15) is 16.8 Å². The fraction of sp³-hybridized carbons (Fsp3) is 0.167. The second-order valence-corrected chi connectivity index (χ2v) is 6.43. The van der Waals surface area contributed by atoms with Crippen LogP contribution in [0, 0.1) is 0 Å². The van der Waals surface area contributed by atoms with Crippen molar-refractivity contribution in [1.82, 2.24) is 14.8 Å². The van der Waals surface area contributed by atoms with Gasteiger partial charge >= 0.3 is 0 Å². The van der Waals surface area contributed by atoms with E-state index in [-0.39, 0.29) is 5.91 Å². The number of aryl methyl sites for hydroxylation is 1. The third-order valence-electron chi connectivity index (χ3n) is 3.57. The van der Waals surface area contributed by atoms with Crippen molar-refractivity contribution in [3.05, 3.63) is 65.2 Å². The summed E-state index contributed by atoms with van der Waals surface area (Å²) >= 11 is 7.32. The molecule has 0 aliphatic heterocycles. The molecular weight excluding hydrogens is 342 g/mol. The quantitative estimate of drug-likeness (QED) is 0.626. The molecule has 0 radical (unpaired) electrons. The van der Waals surface area contributed by atoms with Crippen LogP contribution in [0.5, 0.6) is 0 Å². The van der Waals surface area contributed by atoms with Gasteiger partial charge in [-0.2, -0.15) is 4.68 Å². The van der Waals surface area contributed by atoms with Crippen molar-refractivity contribution in [2.45, 2.75) is 18.0 Å². The van der Waals surface area contributed by atoms with E-state index < -0.39 is 0 Å². The number of aromatic nitrogens is 3. The zero-order valence-corrected chi connectivity index (χ0v) is 14.7. The maximum absolute atomic E-state index is 12.5. The number of hydrogen-bond acceptors (Lipinski definition) is 4. The van der Waals surface area contributed by atoms with Gasteiger partial charge in [-0.1, -0.05) is 53.7 Å². The number of benzene rings is 2. The van der Waals surface area contributed by atoms with Crippen LogP contribution in [-0.4, -0.2) is 26.9 Å². The fourth-order valence-corrected chi connectivity index (χ4v) is 2.93. The monoisotopic (exact) mass is 357 g/mol. The molecule has 0 saturated heterocycles. The highest BCUT2D eigenvalue weighted by atomic mass is 35.5. The molecule has 0 N–H and O–H groups in total. The lowest BCUT2D eigenvalue weighted by Crippen LogP contribution is -2.14. The first-order chi connectivity index (χ1) is 11.7. The largest absolute Gasteiger partial charge is 0.272 e. The van der Waals surface area contributed by atoms with Gasteiger partial charge in [0, 0.05) is 17.0 Å². The van der Waals surface area contributed by atoms with Gasteiger partial charge in [-0.05, 0) is 42.5 Å². The number of rotatable bonds is 5. The molecule has 4 nitrogen and oxygen atoms in total. The summed E-state index contributed by atoms with van der Waals surface area (Å²) in [6.07, 6.45) is 2.96. The van der Waals surface area contributed by atoms with Crippen molar-refractivity contribution in [1.29, 1.82) is 0 Å².